The zero-order chi connectivity index (χ0) is 13.4. The predicted octanol–water partition coefficient (Wildman–Crippen LogP) is 1.84. The zero-order valence-corrected chi connectivity index (χ0v) is 11.3. The summed E-state index contributed by atoms with van der Waals surface area (Å²) in [6, 6.07) is 5.72. The molecule has 3 rings (SSSR count). The van der Waals surface area contributed by atoms with Crippen molar-refractivity contribution in [3.8, 4) is 11.5 Å². The Morgan fingerprint density at radius 3 is 2.68 bits per heavy atom. The second-order valence-corrected chi connectivity index (χ2v) is 5.82. The maximum Gasteiger partial charge on any atom is 0.119 e. The molecule has 0 aromatic heterocycles. The molecule has 2 aliphatic heterocycles. The number of nitrogens with one attached hydrogen (secondary N) is 1. The molecule has 2 heterocycles. The molecule has 1 aromatic carbocycles. The lowest BCUT2D eigenvalue weighted by atomic mass is 9.89. The van der Waals surface area contributed by atoms with E-state index in [0.717, 1.165) is 31.1 Å². The largest absolute Gasteiger partial charge is 0.508 e. The third-order valence-corrected chi connectivity index (χ3v) is 4.63. The van der Waals surface area contributed by atoms with Crippen LogP contribution in [0, 0.1) is 5.92 Å². The molecule has 0 aliphatic carbocycles. The highest BCUT2D eigenvalue weighted by Crippen LogP contribution is 2.35. The molecular formula is C15H22N2O2. The summed E-state index contributed by atoms with van der Waals surface area (Å²) in [6.45, 7) is 5.44. The van der Waals surface area contributed by atoms with Crippen LogP contribution in [0.3, 0.4) is 0 Å². The number of benzene rings is 1. The van der Waals surface area contributed by atoms with Gasteiger partial charge >= 0.3 is 0 Å². The van der Waals surface area contributed by atoms with Crippen LogP contribution in [0.15, 0.2) is 18.2 Å². The average Bonchev–Trinajstić information content (AvgIpc) is 2.84. The summed E-state index contributed by atoms with van der Waals surface area (Å²) >= 11 is 0. The van der Waals surface area contributed by atoms with Crippen LogP contribution in [0.5, 0.6) is 11.5 Å². The third-order valence-electron chi connectivity index (χ3n) is 4.63. The number of hydrogen-bond acceptors (Lipinski definition) is 4. The predicted molar refractivity (Wildman–Crippen MR) is 74.3 cm³/mol. The number of hydrogen-bond donors (Lipinski definition) is 3. The third kappa shape index (κ3) is 2.42. The van der Waals surface area contributed by atoms with Gasteiger partial charge in [0.2, 0.25) is 0 Å². The number of nitrogens with zero attached hydrogens (tertiary/aromatic N) is 1. The molecule has 2 fully saturated rings. The van der Waals surface area contributed by atoms with Crippen LogP contribution in [-0.4, -0.2) is 40.8 Å². The molecule has 0 saturated carbocycles. The summed E-state index contributed by atoms with van der Waals surface area (Å²) in [5.74, 6) is 1.03. The lowest BCUT2D eigenvalue weighted by Crippen LogP contribution is -2.46. The molecule has 4 nitrogen and oxygen atoms in total. The fourth-order valence-corrected chi connectivity index (χ4v) is 3.64. The molecule has 2 aliphatic rings. The van der Waals surface area contributed by atoms with Gasteiger partial charge in [0.25, 0.3) is 0 Å². The second-order valence-electron chi connectivity index (χ2n) is 5.82. The van der Waals surface area contributed by atoms with Gasteiger partial charge in [-0.25, -0.2) is 0 Å². The minimum atomic E-state index is 0.139. The Labute approximate surface area is 114 Å². The molecule has 3 N–H and O–H groups in total. The molecule has 4 heteroatoms. The molecule has 2 saturated heterocycles. The van der Waals surface area contributed by atoms with Gasteiger partial charge in [0.1, 0.15) is 11.5 Å². The van der Waals surface area contributed by atoms with E-state index in [-0.39, 0.29) is 17.5 Å². The molecule has 0 amide bonds. The minimum absolute atomic E-state index is 0.139. The summed E-state index contributed by atoms with van der Waals surface area (Å²) in [4.78, 5) is 2.52. The standard InChI is InChI=1S/C15H22N2O2/c1-10(12-5-13(18)7-14(19)6-12)17-4-2-3-11-8-16-9-15(11)17/h5-7,10-11,15-16,18-19H,2-4,8-9H2,1H3. The lowest BCUT2D eigenvalue weighted by molar-refractivity contribution is 0.0845. The van der Waals surface area contributed by atoms with E-state index in [1.54, 1.807) is 12.1 Å². The Hall–Kier alpha value is -1.26. The van der Waals surface area contributed by atoms with Gasteiger partial charge in [0.05, 0.1) is 0 Å². The Morgan fingerprint density at radius 1 is 1.21 bits per heavy atom. The Balaban J connectivity index is 1.84. The van der Waals surface area contributed by atoms with Crippen LogP contribution in [0.25, 0.3) is 0 Å². The van der Waals surface area contributed by atoms with Gasteiger partial charge in [0.15, 0.2) is 0 Å². The monoisotopic (exact) mass is 262 g/mol. The first-order chi connectivity index (χ1) is 9.15. The van der Waals surface area contributed by atoms with Crippen LogP contribution in [0.4, 0.5) is 0 Å². The number of rotatable bonds is 2. The van der Waals surface area contributed by atoms with E-state index in [0.29, 0.717) is 6.04 Å². The topological polar surface area (TPSA) is 55.7 Å². The smallest absolute Gasteiger partial charge is 0.119 e. The summed E-state index contributed by atoms with van der Waals surface area (Å²) in [7, 11) is 0. The van der Waals surface area contributed by atoms with E-state index < -0.39 is 0 Å². The molecule has 19 heavy (non-hydrogen) atoms. The van der Waals surface area contributed by atoms with Gasteiger partial charge < -0.3 is 15.5 Å². The van der Waals surface area contributed by atoms with E-state index in [1.165, 1.54) is 18.9 Å². The van der Waals surface area contributed by atoms with Crippen LogP contribution in [0.1, 0.15) is 31.4 Å². The molecule has 3 unspecified atom stereocenters. The molecule has 1 aromatic rings. The van der Waals surface area contributed by atoms with E-state index in [1.807, 2.05) is 0 Å². The lowest BCUT2D eigenvalue weighted by Gasteiger charge is -2.41. The van der Waals surface area contributed by atoms with Crippen molar-refractivity contribution in [2.45, 2.75) is 31.8 Å². The van der Waals surface area contributed by atoms with Gasteiger partial charge in [-0.05, 0) is 56.5 Å². The summed E-state index contributed by atoms with van der Waals surface area (Å²) < 4.78 is 0. The average molecular weight is 262 g/mol. The van der Waals surface area contributed by atoms with Gasteiger partial charge in [-0.3, -0.25) is 4.90 Å². The number of phenolic OH excluding ortho intramolecular Hbond substituents is 2. The van der Waals surface area contributed by atoms with Crippen molar-refractivity contribution in [2.75, 3.05) is 19.6 Å². The minimum Gasteiger partial charge on any atom is -0.508 e. The molecule has 0 bridgehead atoms. The summed E-state index contributed by atoms with van der Waals surface area (Å²) in [6.07, 6.45) is 2.55. The quantitative estimate of drug-likeness (QED) is 0.761. The summed E-state index contributed by atoms with van der Waals surface area (Å²) in [5, 5.41) is 22.8. The van der Waals surface area contributed by atoms with Gasteiger partial charge in [-0.2, -0.15) is 0 Å². The highest BCUT2D eigenvalue weighted by atomic mass is 16.3. The molecule has 104 valence electrons. The maximum atomic E-state index is 9.64. The fraction of sp³-hybridized carbons (Fsp3) is 0.600. The van der Waals surface area contributed by atoms with Crippen molar-refractivity contribution >= 4 is 0 Å². The first-order valence-electron chi connectivity index (χ1n) is 7.14. The number of fused-ring (bicyclic) bond motifs is 1. The highest BCUT2D eigenvalue weighted by molar-refractivity contribution is 5.38. The Bertz CT molecular complexity index is 443. The van der Waals surface area contributed by atoms with E-state index >= 15 is 0 Å². The first-order valence-corrected chi connectivity index (χ1v) is 7.14. The van der Waals surface area contributed by atoms with Gasteiger partial charge in [0, 0.05) is 24.7 Å². The van der Waals surface area contributed by atoms with Gasteiger partial charge in [-0.1, -0.05) is 0 Å². The SMILES string of the molecule is CC(c1cc(O)cc(O)c1)N1CCCC2CNCC21. The Morgan fingerprint density at radius 2 is 1.95 bits per heavy atom. The fourth-order valence-electron chi connectivity index (χ4n) is 3.64. The molecule has 0 radical (unpaired) electrons. The number of piperidine rings is 1. The summed E-state index contributed by atoms with van der Waals surface area (Å²) in [5.41, 5.74) is 0.991. The van der Waals surface area contributed by atoms with Crippen LogP contribution >= 0.6 is 0 Å². The van der Waals surface area contributed by atoms with Crippen LogP contribution in [0.2, 0.25) is 0 Å². The molecular weight excluding hydrogens is 240 g/mol. The van der Waals surface area contributed by atoms with E-state index in [4.69, 9.17) is 0 Å². The number of aromatic hydroxyl groups is 2. The Kier molecular flexibility index (Phi) is 3.37. The van der Waals surface area contributed by atoms with Crippen molar-refractivity contribution in [2.24, 2.45) is 5.92 Å². The van der Waals surface area contributed by atoms with Crippen molar-refractivity contribution in [1.82, 2.24) is 10.2 Å². The second kappa shape index (κ2) is 5.02. The van der Waals surface area contributed by atoms with Crippen LogP contribution in [-0.2, 0) is 0 Å². The normalized spacial score (nSPS) is 29.1. The molecule has 0 spiro atoms. The van der Waals surface area contributed by atoms with Crippen molar-refractivity contribution in [3.63, 3.8) is 0 Å². The van der Waals surface area contributed by atoms with Crippen LogP contribution < -0.4 is 5.32 Å². The van der Waals surface area contributed by atoms with Gasteiger partial charge in [-0.15, -0.1) is 0 Å². The highest BCUT2D eigenvalue weighted by Gasteiger charge is 2.37. The zero-order valence-electron chi connectivity index (χ0n) is 11.3. The number of phenols is 2. The van der Waals surface area contributed by atoms with E-state index in [9.17, 15) is 10.2 Å². The number of likely N-dealkylation sites (tertiary alicyclic amines) is 1. The van der Waals surface area contributed by atoms with Crippen molar-refractivity contribution < 1.29 is 10.2 Å². The maximum absolute atomic E-state index is 9.64. The molecule has 3 atom stereocenters. The van der Waals surface area contributed by atoms with Crippen molar-refractivity contribution in [1.29, 1.82) is 0 Å². The van der Waals surface area contributed by atoms with Crippen molar-refractivity contribution in [3.05, 3.63) is 23.8 Å². The van der Waals surface area contributed by atoms with E-state index in [2.05, 4.69) is 17.1 Å². The first kappa shape index (κ1) is 12.8.